The van der Waals surface area contributed by atoms with Gasteiger partial charge in [-0.1, -0.05) is 25.5 Å². The average Bonchev–Trinajstić information content (AvgIpc) is 2.99. The molecule has 2 N–H and O–H groups in total. The molecule has 0 saturated carbocycles. The summed E-state index contributed by atoms with van der Waals surface area (Å²) in [5.41, 5.74) is 0.0806. The summed E-state index contributed by atoms with van der Waals surface area (Å²) in [6.07, 6.45) is 1.64. The van der Waals surface area contributed by atoms with Gasteiger partial charge in [0.1, 0.15) is 0 Å². The standard InChI is InChI=1S/C21H20FN3O5/c1-2-3-10-25-20(28)14-9-8-13(11-15(14)21(25)29)19(27)24-23-18(26)12-30-17-7-5-4-6-16(17)22/h4-9,11,28-29H,2-3,10,12H2,1H3. The Bertz CT molecular complexity index is 1120. The Hall–Kier alpha value is -3.75. The van der Waals surface area contributed by atoms with Crippen LogP contribution in [0.5, 0.6) is 17.5 Å². The molecule has 0 aliphatic carbocycles. The third-order valence-electron chi connectivity index (χ3n) is 4.44. The molecule has 0 unspecified atom stereocenters. The number of rotatable bonds is 7. The van der Waals surface area contributed by atoms with Crippen molar-refractivity contribution in [3.05, 3.63) is 53.8 Å². The summed E-state index contributed by atoms with van der Waals surface area (Å²) >= 11 is 0. The molecule has 1 heterocycles. The van der Waals surface area contributed by atoms with Crippen LogP contribution >= 0.6 is 0 Å². The minimum atomic E-state index is -0.862. The number of unbranched alkanes of at least 4 members (excludes halogenated alkanes) is 1. The molecule has 3 aromatic rings. The van der Waals surface area contributed by atoms with Crippen LogP contribution in [0.25, 0.3) is 10.8 Å². The summed E-state index contributed by atoms with van der Waals surface area (Å²) in [6, 6.07) is 9.83. The molecule has 0 saturated heterocycles. The quantitative estimate of drug-likeness (QED) is 0.564. The lowest BCUT2D eigenvalue weighted by Crippen LogP contribution is -2.09. The van der Waals surface area contributed by atoms with Gasteiger partial charge in [-0.15, -0.1) is 10.2 Å². The number of ether oxygens (including phenoxy) is 1. The van der Waals surface area contributed by atoms with Crippen molar-refractivity contribution in [3.63, 3.8) is 0 Å². The fraction of sp³-hybridized carbons (Fsp3) is 0.238. The highest BCUT2D eigenvalue weighted by Crippen LogP contribution is 2.37. The van der Waals surface area contributed by atoms with Crippen molar-refractivity contribution in [3.8, 4) is 17.5 Å². The van der Waals surface area contributed by atoms with Gasteiger partial charge in [-0.3, -0.25) is 14.2 Å². The topological polar surface area (TPSA) is 113 Å². The minimum absolute atomic E-state index is 0.0806. The van der Waals surface area contributed by atoms with Gasteiger partial charge in [0.25, 0.3) is 5.91 Å². The molecular weight excluding hydrogens is 393 g/mol. The molecule has 156 valence electrons. The van der Waals surface area contributed by atoms with Gasteiger partial charge in [0, 0.05) is 22.9 Å². The van der Waals surface area contributed by atoms with E-state index < -0.39 is 24.2 Å². The Morgan fingerprint density at radius 1 is 1.07 bits per heavy atom. The van der Waals surface area contributed by atoms with Crippen molar-refractivity contribution in [1.29, 1.82) is 0 Å². The van der Waals surface area contributed by atoms with E-state index in [4.69, 9.17) is 4.74 Å². The van der Waals surface area contributed by atoms with E-state index in [-0.39, 0.29) is 23.1 Å². The third kappa shape index (κ3) is 4.45. The van der Waals surface area contributed by atoms with E-state index in [9.17, 15) is 24.2 Å². The maximum Gasteiger partial charge on any atom is 0.302 e. The van der Waals surface area contributed by atoms with Crippen LogP contribution in [-0.2, 0) is 11.3 Å². The largest absolute Gasteiger partial charge is 0.494 e. The molecule has 3 rings (SSSR count). The number of para-hydroxylation sites is 1. The molecule has 0 radical (unpaired) electrons. The summed E-state index contributed by atoms with van der Waals surface area (Å²) in [6.45, 7) is 1.84. The summed E-state index contributed by atoms with van der Waals surface area (Å²) in [7, 11) is 0. The zero-order valence-corrected chi connectivity index (χ0v) is 16.2. The summed E-state index contributed by atoms with van der Waals surface area (Å²) < 4.78 is 19.8. The van der Waals surface area contributed by atoms with Crippen molar-refractivity contribution in [2.24, 2.45) is 10.2 Å². The van der Waals surface area contributed by atoms with Crippen LogP contribution in [0.15, 0.2) is 52.7 Å². The maximum absolute atomic E-state index is 13.5. The van der Waals surface area contributed by atoms with Crippen LogP contribution in [-0.4, -0.2) is 33.2 Å². The first kappa shape index (κ1) is 21.0. The minimum Gasteiger partial charge on any atom is -0.494 e. The number of fused-ring (bicyclic) bond motifs is 1. The molecule has 0 aliphatic heterocycles. The van der Waals surface area contributed by atoms with Crippen LogP contribution in [0.1, 0.15) is 30.1 Å². The smallest absolute Gasteiger partial charge is 0.302 e. The monoisotopic (exact) mass is 413 g/mol. The zero-order chi connectivity index (χ0) is 21.7. The number of hydrogen-bond donors (Lipinski definition) is 2. The maximum atomic E-state index is 13.5. The number of aromatic nitrogens is 1. The first-order valence-electron chi connectivity index (χ1n) is 9.32. The number of hydrogen-bond acceptors (Lipinski definition) is 5. The number of carbonyl (C=O) groups is 2. The molecule has 8 nitrogen and oxygen atoms in total. The Kier molecular flexibility index (Phi) is 6.41. The van der Waals surface area contributed by atoms with E-state index in [0.717, 1.165) is 12.8 Å². The van der Waals surface area contributed by atoms with Crippen LogP contribution in [0, 0.1) is 5.82 Å². The van der Waals surface area contributed by atoms with Gasteiger partial charge >= 0.3 is 5.91 Å². The molecule has 1 aromatic heterocycles. The summed E-state index contributed by atoms with van der Waals surface area (Å²) in [5.74, 6) is -2.65. The molecule has 9 heteroatoms. The summed E-state index contributed by atoms with van der Waals surface area (Å²) in [4.78, 5) is 24.0. The predicted octanol–water partition coefficient (Wildman–Crippen LogP) is 4.19. The Labute approximate surface area is 171 Å². The van der Waals surface area contributed by atoms with Crippen molar-refractivity contribution < 1.29 is 28.9 Å². The Morgan fingerprint density at radius 2 is 1.80 bits per heavy atom. The van der Waals surface area contributed by atoms with Gasteiger partial charge in [0.05, 0.1) is 0 Å². The highest BCUT2D eigenvalue weighted by molar-refractivity contribution is 6.02. The third-order valence-corrected chi connectivity index (χ3v) is 4.44. The van der Waals surface area contributed by atoms with Gasteiger partial charge in [-0.25, -0.2) is 4.39 Å². The van der Waals surface area contributed by atoms with E-state index in [1.807, 2.05) is 6.92 Å². The highest BCUT2D eigenvalue weighted by Gasteiger charge is 2.17. The van der Waals surface area contributed by atoms with Crippen molar-refractivity contribution in [2.45, 2.75) is 26.3 Å². The molecule has 0 aliphatic rings. The Morgan fingerprint density at radius 3 is 2.53 bits per heavy atom. The van der Waals surface area contributed by atoms with E-state index in [1.165, 1.54) is 41.0 Å². The first-order valence-corrected chi connectivity index (χ1v) is 9.32. The second-order valence-electron chi connectivity index (χ2n) is 6.53. The fourth-order valence-corrected chi connectivity index (χ4v) is 2.87. The molecule has 0 atom stereocenters. The number of carbonyl (C=O) groups excluding carboxylic acids is 2. The second kappa shape index (κ2) is 9.17. The van der Waals surface area contributed by atoms with Crippen LogP contribution < -0.4 is 4.74 Å². The number of azo groups is 1. The summed E-state index contributed by atoms with van der Waals surface area (Å²) in [5, 5.41) is 27.9. The second-order valence-corrected chi connectivity index (χ2v) is 6.53. The molecule has 30 heavy (non-hydrogen) atoms. The zero-order valence-electron chi connectivity index (χ0n) is 16.2. The lowest BCUT2D eigenvalue weighted by molar-refractivity contribution is -0.120. The molecule has 2 aromatic carbocycles. The van der Waals surface area contributed by atoms with Crippen LogP contribution in [0.3, 0.4) is 0 Å². The number of benzene rings is 2. The van der Waals surface area contributed by atoms with Crippen molar-refractivity contribution >= 4 is 22.6 Å². The number of halogens is 1. The van der Waals surface area contributed by atoms with Gasteiger partial charge < -0.3 is 14.9 Å². The Balaban J connectivity index is 1.70. The molecule has 0 bridgehead atoms. The SMILES string of the molecule is CCCCn1c(O)c2ccc(C(=O)N=NC(=O)COc3ccccc3F)cc2c1O. The normalized spacial score (nSPS) is 11.3. The van der Waals surface area contributed by atoms with Gasteiger partial charge in [0.2, 0.25) is 11.8 Å². The van der Waals surface area contributed by atoms with Gasteiger partial charge in [0.15, 0.2) is 18.2 Å². The fourth-order valence-electron chi connectivity index (χ4n) is 2.87. The van der Waals surface area contributed by atoms with Gasteiger partial charge in [-0.05, 0) is 36.8 Å². The average molecular weight is 413 g/mol. The predicted molar refractivity (Wildman–Crippen MR) is 106 cm³/mol. The first-order chi connectivity index (χ1) is 14.4. The lowest BCUT2D eigenvalue weighted by Gasteiger charge is -2.04. The van der Waals surface area contributed by atoms with Gasteiger partial charge in [-0.2, -0.15) is 0 Å². The number of nitrogens with zero attached hydrogens (tertiary/aromatic N) is 3. The van der Waals surface area contributed by atoms with Crippen molar-refractivity contribution in [1.82, 2.24) is 4.57 Å². The number of amides is 2. The van der Waals surface area contributed by atoms with E-state index in [0.29, 0.717) is 17.3 Å². The van der Waals surface area contributed by atoms with Crippen molar-refractivity contribution in [2.75, 3.05) is 6.61 Å². The van der Waals surface area contributed by atoms with Crippen LogP contribution in [0.2, 0.25) is 0 Å². The van der Waals surface area contributed by atoms with E-state index >= 15 is 0 Å². The molecule has 0 spiro atoms. The molecule has 0 fully saturated rings. The van der Waals surface area contributed by atoms with E-state index in [1.54, 1.807) is 6.07 Å². The highest BCUT2D eigenvalue weighted by atomic mass is 19.1. The molecule has 2 amide bonds. The molecular formula is C21H20FN3O5. The van der Waals surface area contributed by atoms with Crippen LogP contribution in [0.4, 0.5) is 4.39 Å². The lowest BCUT2D eigenvalue weighted by atomic mass is 10.1. The van der Waals surface area contributed by atoms with E-state index in [2.05, 4.69) is 10.2 Å². The number of aromatic hydroxyl groups is 2.